The summed E-state index contributed by atoms with van der Waals surface area (Å²) in [6.07, 6.45) is 2.56. The lowest BCUT2D eigenvalue weighted by Gasteiger charge is -2.29. The van der Waals surface area contributed by atoms with Crippen molar-refractivity contribution in [2.24, 2.45) is 35.5 Å². The number of hydrogen-bond donors (Lipinski definition) is 9. The summed E-state index contributed by atoms with van der Waals surface area (Å²) in [5.74, 6) is -10.2. The van der Waals surface area contributed by atoms with E-state index >= 15 is 0 Å². The highest BCUT2D eigenvalue weighted by atomic mass is 16.5. The monoisotopic (exact) mass is 1010 g/mol. The third kappa shape index (κ3) is 26.1. The Balaban J connectivity index is 4.01. The second kappa shape index (κ2) is 32.6. The van der Waals surface area contributed by atoms with Gasteiger partial charge in [-0.1, -0.05) is 115 Å². The van der Waals surface area contributed by atoms with Gasteiger partial charge >= 0.3 is 17.9 Å². The van der Waals surface area contributed by atoms with Crippen LogP contribution in [0.25, 0.3) is 0 Å². The number of amides is 7. The van der Waals surface area contributed by atoms with E-state index in [-0.39, 0.29) is 62.2 Å². The highest BCUT2D eigenvalue weighted by Crippen LogP contribution is 2.19. The van der Waals surface area contributed by atoms with Crippen LogP contribution in [0.15, 0.2) is 0 Å². The summed E-state index contributed by atoms with van der Waals surface area (Å²) >= 11 is 0. The first kappa shape index (κ1) is 63.7. The summed E-state index contributed by atoms with van der Waals surface area (Å²) in [4.78, 5) is 136. The number of hydrogen-bond acceptors (Lipinski definition) is 11. The lowest BCUT2D eigenvalue weighted by atomic mass is 9.98. The van der Waals surface area contributed by atoms with Crippen molar-refractivity contribution in [3.05, 3.63) is 0 Å². The summed E-state index contributed by atoms with van der Waals surface area (Å²) < 4.78 is 6.02. The lowest BCUT2D eigenvalue weighted by Crippen LogP contribution is -2.61. The molecule has 9 N–H and O–H groups in total. The molecule has 0 saturated carbocycles. The van der Waals surface area contributed by atoms with Crippen molar-refractivity contribution >= 4 is 59.3 Å². The van der Waals surface area contributed by atoms with Crippen molar-refractivity contribution in [3.63, 3.8) is 0 Å². The molecule has 71 heavy (non-hydrogen) atoms. The largest absolute Gasteiger partial charge is 0.481 e. The molecule has 0 aromatic heterocycles. The first-order chi connectivity index (χ1) is 33.1. The summed E-state index contributed by atoms with van der Waals surface area (Å²) in [5.41, 5.74) is 0. The number of carboxylic acid groups (broad SMARTS) is 2. The molecule has 20 heteroatoms. The second-order valence-corrected chi connectivity index (χ2v) is 21.5. The quantitative estimate of drug-likeness (QED) is 0.0542. The third-order valence-electron chi connectivity index (χ3n) is 12.3. The normalized spacial score (nSPS) is 24.7. The third-order valence-corrected chi connectivity index (χ3v) is 12.3. The van der Waals surface area contributed by atoms with Crippen molar-refractivity contribution in [1.29, 1.82) is 0 Å². The standard InChI is InChI=1S/C51H89N7O13/c1-13-33(12)18-16-14-15-17-19-34-26-41(59)52-35(20-21-42(60)61)45(64)53-36(22-28(2)3)46(65)55-38(24-30(6)7)49(68)58-44(32(10)11)50(69)56-39(27-43(62)63)48(67)54-37(23-29(4)5)47(66)57-40(25-31(8)9)51(70)71-34/h28-40,44H,13-27H2,1-12H3,(H,52,59)(H,53,64)(H,54,67)(H,55,65)(H,56,69)(H,57,66)(H,58,68)(H,60,61)(H,62,63)/t33?,34-,35+,36+,37-,38-,39+,40+,44+/m1/s1. The maximum Gasteiger partial charge on any atom is 0.328 e. The minimum Gasteiger partial charge on any atom is -0.481 e. The van der Waals surface area contributed by atoms with Gasteiger partial charge in [-0.15, -0.1) is 0 Å². The van der Waals surface area contributed by atoms with Crippen LogP contribution in [0.4, 0.5) is 0 Å². The van der Waals surface area contributed by atoms with Gasteiger partial charge < -0.3 is 52.2 Å². The van der Waals surface area contributed by atoms with Gasteiger partial charge in [-0.25, -0.2) is 4.79 Å². The number of ether oxygens (including phenoxy) is 1. The van der Waals surface area contributed by atoms with Gasteiger partial charge in [0.25, 0.3) is 0 Å². The number of cyclic esters (lactones) is 1. The van der Waals surface area contributed by atoms with E-state index in [9.17, 15) is 58.2 Å². The molecule has 20 nitrogen and oxygen atoms in total. The summed E-state index contributed by atoms with van der Waals surface area (Å²) in [6, 6.07) is -9.64. The minimum atomic E-state index is -1.72. The summed E-state index contributed by atoms with van der Waals surface area (Å²) in [5, 5.41) is 37.8. The topological polar surface area (TPSA) is 305 Å². The van der Waals surface area contributed by atoms with Gasteiger partial charge in [0.15, 0.2) is 0 Å². The molecule has 0 aromatic carbocycles. The molecular weight excluding hydrogens is 919 g/mol. The van der Waals surface area contributed by atoms with E-state index in [1.54, 1.807) is 55.4 Å². The van der Waals surface area contributed by atoms with Crippen LogP contribution in [-0.2, 0) is 52.7 Å². The maximum absolute atomic E-state index is 14.2. The Morgan fingerprint density at radius 2 is 0.930 bits per heavy atom. The number of rotatable bonds is 22. The molecule has 1 heterocycles. The number of carboxylic acids is 2. The van der Waals surface area contributed by atoms with Gasteiger partial charge in [-0.2, -0.15) is 0 Å². The first-order valence-corrected chi connectivity index (χ1v) is 25.9. The molecule has 1 aliphatic rings. The number of carbonyl (C=O) groups excluding carboxylic acids is 8. The average molecular weight is 1010 g/mol. The molecule has 9 atom stereocenters. The molecule has 1 unspecified atom stereocenters. The average Bonchev–Trinajstić information content (AvgIpc) is 3.25. The smallest absolute Gasteiger partial charge is 0.328 e. The predicted molar refractivity (Wildman–Crippen MR) is 267 cm³/mol. The fraction of sp³-hybridized carbons (Fsp3) is 0.804. The minimum absolute atomic E-state index is 0.0386. The van der Waals surface area contributed by atoms with E-state index in [1.807, 2.05) is 13.8 Å². The second-order valence-electron chi connectivity index (χ2n) is 21.5. The van der Waals surface area contributed by atoms with Crippen molar-refractivity contribution in [1.82, 2.24) is 37.2 Å². The Labute approximate surface area is 421 Å². The Morgan fingerprint density at radius 1 is 0.507 bits per heavy atom. The Bertz CT molecular complexity index is 1770. The molecule has 406 valence electrons. The molecule has 0 aromatic rings. The highest BCUT2D eigenvalue weighted by Gasteiger charge is 2.37. The predicted octanol–water partition coefficient (Wildman–Crippen LogP) is 4.26. The fourth-order valence-corrected chi connectivity index (χ4v) is 8.19. The fourth-order valence-electron chi connectivity index (χ4n) is 8.19. The van der Waals surface area contributed by atoms with E-state index < -0.39 is 133 Å². The molecule has 1 fully saturated rings. The first-order valence-electron chi connectivity index (χ1n) is 25.9. The number of nitrogens with one attached hydrogen (secondary N) is 7. The molecule has 1 aliphatic heterocycles. The molecule has 7 amide bonds. The number of esters is 1. The zero-order valence-corrected chi connectivity index (χ0v) is 44.6. The van der Waals surface area contributed by atoms with Crippen LogP contribution in [0.1, 0.15) is 179 Å². The van der Waals surface area contributed by atoms with E-state index in [1.165, 1.54) is 0 Å². The highest BCUT2D eigenvalue weighted by molar-refractivity contribution is 5.98. The molecule has 1 saturated heterocycles. The van der Waals surface area contributed by atoms with Crippen LogP contribution in [0.5, 0.6) is 0 Å². The number of aliphatic carboxylic acids is 2. The van der Waals surface area contributed by atoms with Crippen LogP contribution in [0.2, 0.25) is 0 Å². The van der Waals surface area contributed by atoms with Crippen molar-refractivity contribution < 1.29 is 62.9 Å². The van der Waals surface area contributed by atoms with E-state index in [4.69, 9.17) is 4.74 Å². The van der Waals surface area contributed by atoms with Crippen molar-refractivity contribution in [3.8, 4) is 0 Å². The molecule has 0 bridgehead atoms. The van der Waals surface area contributed by atoms with Gasteiger partial charge in [0.1, 0.15) is 48.4 Å². The van der Waals surface area contributed by atoms with Crippen molar-refractivity contribution in [2.75, 3.05) is 0 Å². The zero-order chi connectivity index (χ0) is 54.1. The lowest BCUT2D eigenvalue weighted by molar-refractivity contribution is -0.155. The van der Waals surface area contributed by atoms with Gasteiger partial charge in [-0.05, 0) is 80.5 Å². The van der Waals surface area contributed by atoms with E-state index in [0.717, 1.165) is 32.1 Å². The summed E-state index contributed by atoms with van der Waals surface area (Å²) in [7, 11) is 0. The molecule has 0 radical (unpaired) electrons. The van der Waals surface area contributed by atoms with Crippen LogP contribution < -0.4 is 37.2 Å². The molecular formula is C51H89N7O13. The Kier molecular flexibility index (Phi) is 29.3. The Hall–Kier alpha value is -5.30. The van der Waals surface area contributed by atoms with E-state index in [0.29, 0.717) is 12.3 Å². The van der Waals surface area contributed by atoms with Crippen LogP contribution >= 0.6 is 0 Å². The number of carbonyl (C=O) groups is 10. The van der Waals surface area contributed by atoms with Crippen LogP contribution in [-0.4, -0.2) is 118 Å². The van der Waals surface area contributed by atoms with Gasteiger partial charge in [0, 0.05) is 6.42 Å². The molecule has 1 rings (SSSR count). The van der Waals surface area contributed by atoms with E-state index in [2.05, 4.69) is 51.1 Å². The number of unbranched alkanes of at least 4 members (excludes halogenated alkanes) is 3. The Morgan fingerprint density at radius 3 is 1.38 bits per heavy atom. The molecule has 0 aliphatic carbocycles. The molecule has 0 spiro atoms. The zero-order valence-electron chi connectivity index (χ0n) is 44.6. The van der Waals surface area contributed by atoms with Crippen LogP contribution in [0, 0.1) is 35.5 Å². The van der Waals surface area contributed by atoms with Gasteiger partial charge in [-0.3, -0.25) is 43.2 Å². The summed E-state index contributed by atoms with van der Waals surface area (Å²) in [6.45, 7) is 21.9. The SMILES string of the molecule is CCC(C)CCCCCC[C@@H]1CC(=O)N[C@@H](CCC(=O)O)C(=O)N[C@@H](CC(C)C)C(=O)N[C@H](CC(C)C)C(=O)N[C@@H](C(C)C)C(=O)N[C@@H](CC(=O)O)C(=O)N[C@H](CC(C)C)C(=O)N[C@@H](CC(C)C)C(=O)O1. The van der Waals surface area contributed by atoms with Gasteiger partial charge in [0.2, 0.25) is 41.4 Å². The van der Waals surface area contributed by atoms with Crippen LogP contribution in [0.3, 0.4) is 0 Å². The maximum atomic E-state index is 14.2. The van der Waals surface area contributed by atoms with Gasteiger partial charge in [0.05, 0.1) is 12.8 Å². The van der Waals surface area contributed by atoms with Crippen molar-refractivity contribution in [2.45, 2.75) is 228 Å².